The van der Waals surface area contributed by atoms with Gasteiger partial charge in [0.05, 0.1) is 0 Å². The first-order valence-electron chi connectivity index (χ1n) is 8.14. The number of hydrogen-bond acceptors (Lipinski definition) is 4. The molecule has 2 rings (SSSR count). The maximum atomic E-state index is 12.7. The number of anilines is 1. The number of aromatic nitrogens is 2. The highest BCUT2D eigenvalue weighted by Gasteiger charge is 2.26. The minimum atomic E-state index is 0.0239. The largest absolute Gasteiger partial charge is 0.349 e. The second-order valence-electron chi connectivity index (χ2n) is 6.32. The summed E-state index contributed by atoms with van der Waals surface area (Å²) in [6.07, 6.45) is 8.72. The topological polar surface area (TPSA) is 64.2 Å². The van der Waals surface area contributed by atoms with Crippen LogP contribution in [0.3, 0.4) is 0 Å². The van der Waals surface area contributed by atoms with Crippen LogP contribution >= 0.6 is 0 Å². The van der Waals surface area contributed by atoms with Gasteiger partial charge in [-0.05, 0) is 46.0 Å². The van der Waals surface area contributed by atoms with Gasteiger partial charge < -0.3 is 15.2 Å². The zero-order chi connectivity index (χ0) is 15.4. The Kier molecular flexibility index (Phi) is 5.39. The van der Waals surface area contributed by atoms with E-state index in [4.69, 9.17) is 5.73 Å². The Labute approximate surface area is 127 Å². The normalized spacial score (nSPS) is 22.5. The van der Waals surface area contributed by atoms with Crippen molar-refractivity contribution in [3.8, 4) is 0 Å². The van der Waals surface area contributed by atoms with Crippen molar-refractivity contribution in [2.75, 3.05) is 11.4 Å². The van der Waals surface area contributed by atoms with E-state index in [1.807, 2.05) is 13.8 Å². The Morgan fingerprint density at radius 3 is 2.62 bits per heavy atom. The van der Waals surface area contributed by atoms with Crippen molar-refractivity contribution in [2.24, 2.45) is 5.73 Å². The highest BCUT2D eigenvalue weighted by atomic mass is 16.1. The van der Waals surface area contributed by atoms with Crippen LogP contribution in [0.15, 0.2) is 17.2 Å². The molecule has 0 amide bonds. The molecule has 0 aromatic carbocycles. The first kappa shape index (κ1) is 16.0. The van der Waals surface area contributed by atoms with Gasteiger partial charge in [0.2, 0.25) is 0 Å². The van der Waals surface area contributed by atoms with E-state index in [9.17, 15) is 4.79 Å². The molecule has 21 heavy (non-hydrogen) atoms. The Morgan fingerprint density at radius 1 is 1.38 bits per heavy atom. The predicted molar refractivity (Wildman–Crippen MR) is 86.8 cm³/mol. The van der Waals surface area contributed by atoms with Gasteiger partial charge in [-0.15, -0.1) is 0 Å². The molecule has 0 saturated heterocycles. The number of nitrogens with two attached hydrogens (primary N) is 1. The van der Waals surface area contributed by atoms with Gasteiger partial charge in [-0.1, -0.05) is 6.92 Å². The van der Waals surface area contributed by atoms with Crippen molar-refractivity contribution in [3.63, 3.8) is 0 Å². The maximum Gasteiger partial charge on any atom is 0.293 e. The summed E-state index contributed by atoms with van der Waals surface area (Å²) in [6, 6.07) is 0.872. The van der Waals surface area contributed by atoms with E-state index < -0.39 is 0 Å². The van der Waals surface area contributed by atoms with Crippen LogP contribution in [0.1, 0.15) is 58.9 Å². The molecule has 5 heteroatoms. The fourth-order valence-electron chi connectivity index (χ4n) is 3.13. The third kappa shape index (κ3) is 3.64. The van der Waals surface area contributed by atoms with Crippen molar-refractivity contribution in [2.45, 2.75) is 71.0 Å². The smallest absolute Gasteiger partial charge is 0.293 e. The van der Waals surface area contributed by atoms with E-state index in [2.05, 4.69) is 16.8 Å². The minimum Gasteiger partial charge on any atom is -0.349 e. The lowest BCUT2D eigenvalue weighted by molar-refractivity contribution is 0.372. The molecule has 0 aliphatic heterocycles. The van der Waals surface area contributed by atoms with E-state index >= 15 is 0 Å². The molecule has 118 valence electrons. The van der Waals surface area contributed by atoms with Crippen LogP contribution in [0.5, 0.6) is 0 Å². The zero-order valence-corrected chi connectivity index (χ0v) is 13.5. The Hall–Kier alpha value is -1.36. The molecule has 0 spiro atoms. The van der Waals surface area contributed by atoms with Crippen LogP contribution in [0, 0.1) is 0 Å². The molecule has 5 nitrogen and oxygen atoms in total. The molecule has 1 aromatic heterocycles. The molecule has 0 atom stereocenters. The molecule has 1 aliphatic rings. The quantitative estimate of drug-likeness (QED) is 0.904. The Bertz CT molecular complexity index is 503. The minimum absolute atomic E-state index is 0.0239. The summed E-state index contributed by atoms with van der Waals surface area (Å²) in [5.74, 6) is 0.605. The first-order valence-corrected chi connectivity index (χ1v) is 8.14. The molecule has 1 aromatic rings. The molecule has 1 fully saturated rings. The van der Waals surface area contributed by atoms with Gasteiger partial charge in [0.15, 0.2) is 5.82 Å². The standard InChI is InChI=1S/C16H28N4O/c1-4-10-20(14-7-5-13(17)6-8-14)15-16(21)19(12(2)3)11-9-18-15/h9,11-14H,4-8,10,17H2,1-3H3. The van der Waals surface area contributed by atoms with Crippen LogP contribution in [0.4, 0.5) is 5.82 Å². The van der Waals surface area contributed by atoms with Crippen LogP contribution in [-0.4, -0.2) is 28.2 Å². The van der Waals surface area contributed by atoms with Crippen LogP contribution in [0.25, 0.3) is 0 Å². The lowest BCUT2D eigenvalue weighted by Crippen LogP contribution is -2.45. The average Bonchev–Trinajstić information content (AvgIpc) is 2.46. The van der Waals surface area contributed by atoms with Crippen molar-refractivity contribution >= 4 is 5.82 Å². The van der Waals surface area contributed by atoms with Gasteiger partial charge in [0, 0.05) is 37.1 Å². The number of hydrogen-bond donors (Lipinski definition) is 1. The zero-order valence-electron chi connectivity index (χ0n) is 13.5. The third-order valence-corrected chi connectivity index (χ3v) is 4.32. The summed E-state index contributed by atoms with van der Waals surface area (Å²) in [5.41, 5.74) is 6.03. The van der Waals surface area contributed by atoms with Gasteiger partial charge in [0.1, 0.15) is 0 Å². The van der Waals surface area contributed by atoms with E-state index in [0.717, 1.165) is 38.6 Å². The highest BCUT2D eigenvalue weighted by molar-refractivity contribution is 5.37. The van der Waals surface area contributed by atoms with Crippen molar-refractivity contribution < 1.29 is 0 Å². The van der Waals surface area contributed by atoms with Crippen LogP contribution in [0.2, 0.25) is 0 Å². The molecule has 1 aliphatic carbocycles. The fourth-order valence-corrected chi connectivity index (χ4v) is 3.13. The Morgan fingerprint density at radius 2 is 2.05 bits per heavy atom. The molecule has 1 saturated carbocycles. The van der Waals surface area contributed by atoms with Crippen LogP contribution < -0.4 is 16.2 Å². The van der Waals surface area contributed by atoms with Gasteiger partial charge in [-0.25, -0.2) is 4.98 Å². The summed E-state index contributed by atoms with van der Waals surface area (Å²) in [4.78, 5) is 19.3. The van der Waals surface area contributed by atoms with Crippen molar-refractivity contribution in [1.82, 2.24) is 9.55 Å². The van der Waals surface area contributed by atoms with Gasteiger partial charge in [-0.2, -0.15) is 0 Å². The number of rotatable bonds is 5. The van der Waals surface area contributed by atoms with E-state index in [1.165, 1.54) is 0 Å². The SMILES string of the molecule is CCCN(c1nccn(C(C)C)c1=O)C1CCC(N)CC1. The average molecular weight is 292 g/mol. The maximum absolute atomic E-state index is 12.7. The van der Waals surface area contributed by atoms with Gasteiger partial charge in [0.25, 0.3) is 5.56 Å². The van der Waals surface area contributed by atoms with E-state index in [0.29, 0.717) is 17.9 Å². The predicted octanol–water partition coefficient (Wildman–Crippen LogP) is 2.31. The fraction of sp³-hybridized carbons (Fsp3) is 0.750. The lowest BCUT2D eigenvalue weighted by atomic mass is 9.90. The second-order valence-corrected chi connectivity index (χ2v) is 6.32. The molecular weight excluding hydrogens is 264 g/mol. The molecule has 0 unspecified atom stereocenters. The monoisotopic (exact) mass is 292 g/mol. The van der Waals surface area contributed by atoms with Crippen LogP contribution in [-0.2, 0) is 0 Å². The molecule has 2 N–H and O–H groups in total. The van der Waals surface area contributed by atoms with E-state index in [-0.39, 0.29) is 11.6 Å². The summed E-state index contributed by atoms with van der Waals surface area (Å²) in [6.45, 7) is 7.07. The second kappa shape index (κ2) is 7.07. The lowest BCUT2D eigenvalue weighted by Gasteiger charge is -2.36. The summed E-state index contributed by atoms with van der Waals surface area (Å²) in [7, 11) is 0. The molecule has 1 heterocycles. The first-order chi connectivity index (χ1) is 10.0. The summed E-state index contributed by atoms with van der Waals surface area (Å²) in [5, 5.41) is 0. The third-order valence-electron chi connectivity index (χ3n) is 4.32. The summed E-state index contributed by atoms with van der Waals surface area (Å²) < 4.78 is 1.76. The van der Waals surface area contributed by atoms with Gasteiger partial charge in [-0.3, -0.25) is 4.79 Å². The Balaban J connectivity index is 2.30. The molecule has 0 radical (unpaired) electrons. The van der Waals surface area contributed by atoms with Crippen molar-refractivity contribution in [1.29, 1.82) is 0 Å². The van der Waals surface area contributed by atoms with E-state index in [1.54, 1.807) is 17.0 Å². The molecule has 0 bridgehead atoms. The molecular formula is C16H28N4O. The number of nitrogens with zero attached hydrogens (tertiary/aromatic N) is 3. The highest BCUT2D eigenvalue weighted by Crippen LogP contribution is 2.24. The van der Waals surface area contributed by atoms with Crippen molar-refractivity contribution in [3.05, 3.63) is 22.7 Å². The summed E-state index contributed by atoms with van der Waals surface area (Å²) >= 11 is 0. The van der Waals surface area contributed by atoms with Gasteiger partial charge >= 0.3 is 0 Å².